The second kappa shape index (κ2) is 6.07. The molecule has 3 heteroatoms. The van der Waals surface area contributed by atoms with Crippen molar-refractivity contribution in [1.82, 2.24) is 0 Å². The maximum absolute atomic E-state index is 13.1. The number of benzene rings is 2. The minimum absolute atomic E-state index is 0.173. The van der Waals surface area contributed by atoms with Gasteiger partial charge in [-0.2, -0.15) is 0 Å². The summed E-state index contributed by atoms with van der Waals surface area (Å²) in [6.07, 6.45) is 0.686. The summed E-state index contributed by atoms with van der Waals surface area (Å²) in [6.45, 7) is 1.87. The fourth-order valence-electron chi connectivity index (χ4n) is 2.11. The van der Waals surface area contributed by atoms with Crippen LogP contribution in [-0.2, 0) is 6.42 Å². The summed E-state index contributed by atoms with van der Waals surface area (Å²) >= 11 is 6.43. The van der Waals surface area contributed by atoms with Crippen LogP contribution < -0.4 is 4.74 Å². The quantitative estimate of drug-likeness (QED) is 0.739. The zero-order valence-electron chi connectivity index (χ0n) is 11.0. The van der Waals surface area contributed by atoms with Crippen LogP contribution in [0.4, 0.5) is 4.39 Å². The molecule has 1 nitrogen and oxygen atoms in total. The molecule has 0 heterocycles. The van der Waals surface area contributed by atoms with Gasteiger partial charge in [-0.3, -0.25) is 0 Å². The summed E-state index contributed by atoms with van der Waals surface area (Å²) in [5.74, 6) is 0.587. The van der Waals surface area contributed by atoms with E-state index in [-0.39, 0.29) is 11.2 Å². The van der Waals surface area contributed by atoms with E-state index in [0.717, 1.165) is 22.4 Å². The van der Waals surface area contributed by atoms with E-state index >= 15 is 0 Å². The molecule has 100 valence electrons. The zero-order valence-corrected chi connectivity index (χ0v) is 11.7. The summed E-state index contributed by atoms with van der Waals surface area (Å²) in [6, 6.07) is 12.5. The molecular formula is C16H16ClFO. The van der Waals surface area contributed by atoms with E-state index < -0.39 is 0 Å². The Morgan fingerprint density at radius 3 is 2.68 bits per heavy atom. The van der Waals surface area contributed by atoms with E-state index in [2.05, 4.69) is 0 Å². The largest absolute Gasteiger partial charge is 0.497 e. The Kier molecular flexibility index (Phi) is 4.43. The van der Waals surface area contributed by atoms with Crippen molar-refractivity contribution in [3.05, 3.63) is 65.0 Å². The van der Waals surface area contributed by atoms with Gasteiger partial charge in [-0.1, -0.05) is 18.2 Å². The van der Waals surface area contributed by atoms with Crippen molar-refractivity contribution in [2.45, 2.75) is 18.7 Å². The number of alkyl halides is 1. The predicted molar refractivity (Wildman–Crippen MR) is 76.4 cm³/mol. The van der Waals surface area contributed by atoms with Crippen LogP contribution in [0, 0.1) is 12.7 Å². The lowest BCUT2D eigenvalue weighted by molar-refractivity contribution is 0.414. The number of ether oxygens (including phenoxy) is 1. The van der Waals surface area contributed by atoms with Crippen LogP contribution in [0.3, 0.4) is 0 Å². The van der Waals surface area contributed by atoms with Gasteiger partial charge < -0.3 is 4.74 Å². The Balaban J connectivity index is 2.17. The lowest BCUT2D eigenvalue weighted by atomic mass is 10.00. The maximum atomic E-state index is 13.1. The van der Waals surface area contributed by atoms with Gasteiger partial charge in [0.1, 0.15) is 11.6 Å². The van der Waals surface area contributed by atoms with E-state index in [1.165, 1.54) is 12.1 Å². The topological polar surface area (TPSA) is 9.23 Å². The van der Waals surface area contributed by atoms with Crippen molar-refractivity contribution >= 4 is 11.6 Å². The van der Waals surface area contributed by atoms with E-state index in [0.29, 0.717) is 6.42 Å². The van der Waals surface area contributed by atoms with Crippen LogP contribution in [0.2, 0.25) is 0 Å². The van der Waals surface area contributed by atoms with E-state index in [4.69, 9.17) is 16.3 Å². The van der Waals surface area contributed by atoms with Crippen LogP contribution in [0.25, 0.3) is 0 Å². The highest BCUT2D eigenvalue weighted by Gasteiger charge is 2.12. The van der Waals surface area contributed by atoms with Crippen LogP contribution in [0.5, 0.6) is 5.75 Å². The van der Waals surface area contributed by atoms with Crippen LogP contribution in [-0.4, -0.2) is 7.11 Å². The molecule has 0 spiro atoms. The van der Waals surface area contributed by atoms with Gasteiger partial charge in [-0.25, -0.2) is 4.39 Å². The standard InChI is InChI=1S/C16H16ClFO/c1-11-8-13(18)6-7-15(11)16(17)10-12-4-3-5-14(9-12)19-2/h3-9,16H,10H2,1-2H3. The number of hydrogen-bond acceptors (Lipinski definition) is 1. The van der Waals surface area contributed by atoms with Crippen molar-refractivity contribution in [3.8, 4) is 5.75 Å². The molecule has 0 amide bonds. The van der Waals surface area contributed by atoms with Gasteiger partial charge in [0.15, 0.2) is 0 Å². The molecule has 0 aliphatic carbocycles. The van der Waals surface area contributed by atoms with Gasteiger partial charge in [0.05, 0.1) is 12.5 Å². The summed E-state index contributed by atoms with van der Waals surface area (Å²) < 4.78 is 18.3. The molecular weight excluding hydrogens is 263 g/mol. The first-order valence-electron chi connectivity index (χ1n) is 6.13. The third-order valence-electron chi connectivity index (χ3n) is 3.12. The molecule has 0 aliphatic rings. The molecule has 2 aromatic rings. The zero-order chi connectivity index (χ0) is 13.8. The summed E-state index contributed by atoms with van der Waals surface area (Å²) in [7, 11) is 1.64. The number of aryl methyl sites for hydroxylation is 1. The van der Waals surface area contributed by atoms with Crippen molar-refractivity contribution in [1.29, 1.82) is 0 Å². The highest BCUT2D eigenvalue weighted by molar-refractivity contribution is 6.21. The van der Waals surface area contributed by atoms with Crippen molar-refractivity contribution in [2.75, 3.05) is 7.11 Å². The van der Waals surface area contributed by atoms with Crippen LogP contribution >= 0.6 is 11.6 Å². The molecule has 0 radical (unpaired) electrons. The molecule has 0 aliphatic heterocycles. The second-order valence-electron chi connectivity index (χ2n) is 4.52. The number of halogens is 2. The Labute approximate surface area is 118 Å². The monoisotopic (exact) mass is 278 g/mol. The van der Waals surface area contributed by atoms with Gasteiger partial charge in [0.25, 0.3) is 0 Å². The molecule has 0 saturated carbocycles. The first-order chi connectivity index (χ1) is 9.10. The van der Waals surface area contributed by atoms with Gasteiger partial charge >= 0.3 is 0 Å². The Morgan fingerprint density at radius 2 is 2.00 bits per heavy atom. The lowest BCUT2D eigenvalue weighted by Crippen LogP contribution is -1.99. The van der Waals surface area contributed by atoms with E-state index in [9.17, 15) is 4.39 Å². The molecule has 2 rings (SSSR count). The maximum Gasteiger partial charge on any atom is 0.123 e. The van der Waals surface area contributed by atoms with Crippen molar-refractivity contribution < 1.29 is 9.13 Å². The first kappa shape index (κ1) is 13.9. The Hall–Kier alpha value is -1.54. The van der Waals surface area contributed by atoms with E-state index in [1.807, 2.05) is 31.2 Å². The summed E-state index contributed by atoms with van der Waals surface area (Å²) in [5, 5.41) is -0.173. The molecule has 19 heavy (non-hydrogen) atoms. The average molecular weight is 279 g/mol. The van der Waals surface area contributed by atoms with Crippen LogP contribution in [0.1, 0.15) is 22.1 Å². The van der Waals surface area contributed by atoms with Gasteiger partial charge in [-0.05, 0) is 54.3 Å². The SMILES string of the molecule is COc1cccc(CC(Cl)c2ccc(F)cc2C)c1. The summed E-state index contributed by atoms with van der Waals surface area (Å²) in [4.78, 5) is 0. The molecule has 0 fully saturated rings. The third kappa shape index (κ3) is 3.48. The fraction of sp³-hybridized carbons (Fsp3) is 0.250. The van der Waals surface area contributed by atoms with Crippen molar-refractivity contribution in [2.24, 2.45) is 0 Å². The molecule has 2 aromatic carbocycles. The Bertz CT molecular complexity index is 568. The minimum atomic E-state index is -0.230. The van der Waals surface area contributed by atoms with E-state index in [1.54, 1.807) is 13.2 Å². The van der Waals surface area contributed by atoms with Gasteiger partial charge in [0.2, 0.25) is 0 Å². The normalized spacial score (nSPS) is 12.2. The lowest BCUT2D eigenvalue weighted by Gasteiger charge is -2.13. The molecule has 1 atom stereocenters. The third-order valence-corrected chi connectivity index (χ3v) is 3.51. The number of methoxy groups -OCH3 is 1. The smallest absolute Gasteiger partial charge is 0.123 e. The van der Waals surface area contributed by atoms with Crippen LogP contribution in [0.15, 0.2) is 42.5 Å². The number of rotatable bonds is 4. The van der Waals surface area contributed by atoms with Crippen molar-refractivity contribution in [3.63, 3.8) is 0 Å². The molecule has 0 aromatic heterocycles. The van der Waals surface area contributed by atoms with Gasteiger partial charge in [0, 0.05) is 0 Å². The number of hydrogen-bond donors (Lipinski definition) is 0. The Morgan fingerprint density at radius 1 is 1.21 bits per heavy atom. The predicted octanol–water partition coefficient (Wildman–Crippen LogP) is 4.67. The molecule has 1 unspecified atom stereocenters. The highest BCUT2D eigenvalue weighted by atomic mass is 35.5. The minimum Gasteiger partial charge on any atom is -0.497 e. The fourth-order valence-corrected chi connectivity index (χ4v) is 2.53. The van der Waals surface area contributed by atoms with Gasteiger partial charge in [-0.15, -0.1) is 11.6 Å². The molecule has 0 N–H and O–H groups in total. The highest BCUT2D eigenvalue weighted by Crippen LogP contribution is 2.29. The average Bonchev–Trinajstić information content (AvgIpc) is 2.38. The first-order valence-corrected chi connectivity index (χ1v) is 6.57. The summed E-state index contributed by atoms with van der Waals surface area (Å²) in [5.41, 5.74) is 2.94. The molecule has 0 bridgehead atoms. The molecule has 0 saturated heterocycles. The second-order valence-corrected chi connectivity index (χ2v) is 5.05.